The Kier molecular flexibility index (Phi) is 13.9. The van der Waals surface area contributed by atoms with E-state index >= 15 is 0 Å². The molecule has 4 nitrogen and oxygen atoms in total. The third-order valence-electron chi connectivity index (χ3n) is 5.79. The molecule has 0 heterocycles. The molecule has 1 aromatic rings. The van der Waals surface area contributed by atoms with Crippen molar-refractivity contribution in [1.29, 1.82) is 0 Å². The number of rotatable bonds is 16. The quantitative estimate of drug-likeness (QED) is 0.210. The summed E-state index contributed by atoms with van der Waals surface area (Å²) >= 11 is 0. The normalized spacial score (nSPS) is 12.9. The Balaban J connectivity index is 2.49. The van der Waals surface area contributed by atoms with Gasteiger partial charge in [0.05, 0.1) is 24.3 Å². The Labute approximate surface area is 183 Å². The van der Waals surface area contributed by atoms with E-state index in [1.54, 1.807) is 24.3 Å². The standard InChI is InChI=1S/C26H42O4/c1-5-8-13-21(4)14-12-19-29-25(27)23-16-10-11-17-24(23)26(28)30-20-18-22(7-3)15-9-6-2/h10-11,16-17,21-22H,5-9,12-15,18-20H2,1-4H3/t21-,22-/m0/s1. The molecule has 2 atom stereocenters. The van der Waals surface area contributed by atoms with Gasteiger partial charge in [-0.15, -0.1) is 0 Å². The van der Waals surface area contributed by atoms with E-state index in [1.807, 2.05) is 0 Å². The first-order valence-electron chi connectivity index (χ1n) is 12.0. The van der Waals surface area contributed by atoms with Crippen LogP contribution in [0.15, 0.2) is 24.3 Å². The number of esters is 2. The number of hydrogen-bond donors (Lipinski definition) is 0. The van der Waals surface area contributed by atoms with Gasteiger partial charge in [0.1, 0.15) is 0 Å². The van der Waals surface area contributed by atoms with Gasteiger partial charge in [0, 0.05) is 0 Å². The van der Waals surface area contributed by atoms with Gasteiger partial charge in [0.25, 0.3) is 0 Å². The Morgan fingerprint density at radius 1 is 0.767 bits per heavy atom. The zero-order valence-corrected chi connectivity index (χ0v) is 19.6. The van der Waals surface area contributed by atoms with Crippen molar-refractivity contribution < 1.29 is 19.1 Å². The first-order chi connectivity index (χ1) is 14.5. The lowest BCUT2D eigenvalue weighted by Gasteiger charge is -2.15. The van der Waals surface area contributed by atoms with Crippen LogP contribution in [-0.2, 0) is 9.47 Å². The van der Waals surface area contributed by atoms with Crippen molar-refractivity contribution in [1.82, 2.24) is 0 Å². The van der Waals surface area contributed by atoms with Crippen molar-refractivity contribution >= 4 is 11.9 Å². The highest BCUT2D eigenvalue weighted by Crippen LogP contribution is 2.18. The minimum Gasteiger partial charge on any atom is -0.462 e. The highest BCUT2D eigenvalue weighted by Gasteiger charge is 2.19. The van der Waals surface area contributed by atoms with Crippen LogP contribution in [-0.4, -0.2) is 25.2 Å². The molecule has 0 saturated carbocycles. The van der Waals surface area contributed by atoms with Gasteiger partial charge in [0.15, 0.2) is 0 Å². The van der Waals surface area contributed by atoms with Gasteiger partial charge in [-0.3, -0.25) is 0 Å². The molecule has 0 saturated heterocycles. The van der Waals surface area contributed by atoms with Gasteiger partial charge < -0.3 is 9.47 Å². The van der Waals surface area contributed by atoms with E-state index in [2.05, 4.69) is 27.7 Å². The fourth-order valence-electron chi connectivity index (χ4n) is 3.65. The van der Waals surface area contributed by atoms with E-state index in [0.29, 0.717) is 36.2 Å². The number of ether oxygens (including phenoxy) is 2. The third-order valence-corrected chi connectivity index (χ3v) is 5.79. The maximum absolute atomic E-state index is 12.5. The van der Waals surface area contributed by atoms with Crippen LogP contribution in [0.2, 0.25) is 0 Å². The zero-order valence-electron chi connectivity index (χ0n) is 19.6. The lowest BCUT2D eigenvalue weighted by atomic mass is 9.96. The molecule has 0 fully saturated rings. The maximum Gasteiger partial charge on any atom is 0.339 e. The molecule has 0 spiro atoms. The molecule has 0 amide bonds. The molecule has 0 aliphatic rings. The van der Waals surface area contributed by atoms with Gasteiger partial charge >= 0.3 is 11.9 Å². The lowest BCUT2D eigenvalue weighted by molar-refractivity contribution is 0.0439. The summed E-state index contributed by atoms with van der Waals surface area (Å²) in [6.45, 7) is 9.59. The summed E-state index contributed by atoms with van der Waals surface area (Å²) in [4.78, 5) is 25.0. The third kappa shape index (κ3) is 10.3. The predicted octanol–water partition coefficient (Wildman–Crippen LogP) is 7.21. The van der Waals surface area contributed by atoms with Crippen molar-refractivity contribution in [2.45, 2.75) is 91.9 Å². The molecule has 1 aromatic carbocycles. The average molecular weight is 419 g/mol. The molecule has 0 aliphatic heterocycles. The molecule has 170 valence electrons. The highest BCUT2D eigenvalue weighted by atomic mass is 16.5. The summed E-state index contributed by atoms with van der Waals surface area (Å²) in [6.07, 6.45) is 11.1. The van der Waals surface area contributed by atoms with E-state index in [9.17, 15) is 9.59 Å². The second-order valence-corrected chi connectivity index (χ2v) is 8.41. The Morgan fingerprint density at radius 2 is 1.30 bits per heavy atom. The molecule has 30 heavy (non-hydrogen) atoms. The highest BCUT2D eigenvalue weighted by molar-refractivity contribution is 6.03. The molecular formula is C26H42O4. The second kappa shape index (κ2) is 15.9. The molecule has 1 rings (SSSR count). The summed E-state index contributed by atoms with van der Waals surface area (Å²) < 4.78 is 10.9. The monoisotopic (exact) mass is 418 g/mol. The van der Waals surface area contributed by atoms with Gasteiger partial charge in [-0.25, -0.2) is 9.59 Å². The van der Waals surface area contributed by atoms with Crippen molar-refractivity contribution in [3.63, 3.8) is 0 Å². The number of benzene rings is 1. The van der Waals surface area contributed by atoms with Crippen LogP contribution < -0.4 is 0 Å². The minimum absolute atomic E-state index is 0.291. The van der Waals surface area contributed by atoms with Crippen molar-refractivity contribution in [3.8, 4) is 0 Å². The van der Waals surface area contributed by atoms with E-state index in [-0.39, 0.29) is 0 Å². The molecule has 0 unspecified atom stereocenters. The van der Waals surface area contributed by atoms with Crippen LogP contribution in [0.25, 0.3) is 0 Å². The fourth-order valence-corrected chi connectivity index (χ4v) is 3.65. The molecule has 4 heteroatoms. The predicted molar refractivity (Wildman–Crippen MR) is 123 cm³/mol. The molecule has 0 aromatic heterocycles. The first-order valence-corrected chi connectivity index (χ1v) is 12.0. The van der Waals surface area contributed by atoms with Gasteiger partial charge in [0.2, 0.25) is 0 Å². The smallest absolute Gasteiger partial charge is 0.339 e. The molecule has 0 N–H and O–H groups in total. The topological polar surface area (TPSA) is 52.6 Å². The summed E-state index contributed by atoms with van der Waals surface area (Å²) in [5, 5.41) is 0. The first kappa shape index (κ1) is 26.2. The van der Waals surface area contributed by atoms with E-state index in [0.717, 1.165) is 25.7 Å². The van der Waals surface area contributed by atoms with E-state index < -0.39 is 11.9 Å². The Bertz CT molecular complexity index is 611. The van der Waals surface area contributed by atoms with Crippen LogP contribution in [0, 0.1) is 11.8 Å². The fraction of sp³-hybridized carbons (Fsp3) is 0.692. The zero-order chi connectivity index (χ0) is 22.2. The van der Waals surface area contributed by atoms with Crippen molar-refractivity contribution in [2.24, 2.45) is 11.8 Å². The van der Waals surface area contributed by atoms with E-state index in [1.165, 1.54) is 38.5 Å². The summed E-state index contributed by atoms with van der Waals surface area (Å²) in [5.74, 6) is 0.340. The summed E-state index contributed by atoms with van der Waals surface area (Å²) in [6, 6.07) is 6.77. The van der Waals surface area contributed by atoms with Crippen LogP contribution in [0.1, 0.15) is 113 Å². The van der Waals surface area contributed by atoms with Gasteiger partial charge in [-0.05, 0) is 43.2 Å². The second-order valence-electron chi connectivity index (χ2n) is 8.41. The molecule has 0 aliphatic carbocycles. The van der Waals surface area contributed by atoms with Crippen LogP contribution in [0.5, 0.6) is 0 Å². The van der Waals surface area contributed by atoms with Gasteiger partial charge in [-0.2, -0.15) is 0 Å². The SMILES string of the molecule is CCCC[C@H](C)CCCOC(=O)c1ccccc1C(=O)OCC[C@@H](CC)CCCC. The molecular weight excluding hydrogens is 376 g/mol. The molecule has 0 bridgehead atoms. The van der Waals surface area contributed by atoms with Crippen LogP contribution in [0.3, 0.4) is 0 Å². The largest absolute Gasteiger partial charge is 0.462 e. The number of carbonyl (C=O) groups excluding carboxylic acids is 2. The Hall–Kier alpha value is -1.84. The number of hydrogen-bond acceptors (Lipinski definition) is 4. The summed E-state index contributed by atoms with van der Waals surface area (Å²) in [7, 11) is 0. The van der Waals surface area contributed by atoms with Crippen molar-refractivity contribution in [3.05, 3.63) is 35.4 Å². The van der Waals surface area contributed by atoms with E-state index in [4.69, 9.17) is 9.47 Å². The van der Waals surface area contributed by atoms with Gasteiger partial charge in [-0.1, -0.05) is 84.8 Å². The Morgan fingerprint density at radius 3 is 1.87 bits per heavy atom. The number of carbonyl (C=O) groups is 2. The van der Waals surface area contributed by atoms with Crippen LogP contribution in [0.4, 0.5) is 0 Å². The number of unbranched alkanes of at least 4 members (excludes halogenated alkanes) is 2. The lowest BCUT2D eigenvalue weighted by Crippen LogP contribution is -2.16. The molecule has 0 radical (unpaired) electrons. The van der Waals surface area contributed by atoms with Crippen LogP contribution >= 0.6 is 0 Å². The maximum atomic E-state index is 12.5. The minimum atomic E-state index is -0.446. The summed E-state index contributed by atoms with van der Waals surface area (Å²) in [5.41, 5.74) is 0.583. The average Bonchev–Trinajstić information content (AvgIpc) is 2.77. The van der Waals surface area contributed by atoms with Crippen molar-refractivity contribution in [2.75, 3.05) is 13.2 Å².